The zero-order valence-corrected chi connectivity index (χ0v) is 16.3. The van der Waals surface area contributed by atoms with Crippen LogP contribution in [0.1, 0.15) is 16.7 Å². The minimum Gasteiger partial charge on any atom is -0.337 e. The van der Waals surface area contributed by atoms with Gasteiger partial charge in [-0.05, 0) is 28.8 Å². The smallest absolute Gasteiger partial charge is 0.315 e. The summed E-state index contributed by atoms with van der Waals surface area (Å²) in [6.07, 6.45) is 3.66. The lowest BCUT2D eigenvalue weighted by atomic mass is 10.1. The highest BCUT2D eigenvalue weighted by Gasteiger charge is 2.06. The molecule has 0 unspecified atom stereocenters. The first-order valence-corrected chi connectivity index (χ1v) is 10.2. The monoisotopic (exact) mass is 398 g/mol. The number of benzene rings is 2. The fourth-order valence-corrected chi connectivity index (χ4v) is 3.57. The van der Waals surface area contributed by atoms with Gasteiger partial charge in [-0.1, -0.05) is 42.5 Å². The summed E-state index contributed by atoms with van der Waals surface area (Å²) in [6, 6.07) is 16.4. The molecule has 2 aromatic carbocycles. The van der Waals surface area contributed by atoms with Crippen molar-refractivity contribution in [2.75, 3.05) is 12.3 Å². The molecule has 28 heavy (non-hydrogen) atoms. The Kier molecular flexibility index (Phi) is 7.49. The van der Waals surface area contributed by atoms with Crippen LogP contribution in [-0.2, 0) is 18.8 Å². The Bertz CT molecular complexity index is 886. The lowest BCUT2D eigenvalue weighted by molar-refractivity contribution is 0.241. The SMILES string of the molecule is O=C(NCCSCc1ccccc1F)NCc1ccccc1Cn1cccn1. The average molecular weight is 399 g/mol. The molecule has 3 rings (SSSR count). The van der Waals surface area contributed by atoms with Crippen molar-refractivity contribution in [2.24, 2.45) is 0 Å². The third-order valence-corrected chi connectivity index (χ3v) is 5.20. The first-order valence-electron chi connectivity index (χ1n) is 9.09. The molecule has 3 aromatic rings. The predicted molar refractivity (Wildman–Crippen MR) is 111 cm³/mol. The van der Waals surface area contributed by atoms with E-state index in [1.54, 1.807) is 30.1 Å². The normalized spacial score (nSPS) is 10.6. The molecular formula is C21H23FN4OS. The van der Waals surface area contributed by atoms with Crippen molar-refractivity contribution < 1.29 is 9.18 Å². The van der Waals surface area contributed by atoms with Crippen molar-refractivity contribution >= 4 is 17.8 Å². The summed E-state index contributed by atoms with van der Waals surface area (Å²) in [5.41, 5.74) is 2.86. The van der Waals surface area contributed by atoms with E-state index in [2.05, 4.69) is 15.7 Å². The largest absolute Gasteiger partial charge is 0.337 e. The summed E-state index contributed by atoms with van der Waals surface area (Å²) in [5.74, 6) is 1.13. The fraction of sp³-hybridized carbons (Fsp3) is 0.238. The maximum absolute atomic E-state index is 13.5. The van der Waals surface area contributed by atoms with Gasteiger partial charge in [-0.3, -0.25) is 4.68 Å². The van der Waals surface area contributed by atoms with Gasteiger partial charge in [-0.15, -0.1) is 0 Å². The van der Waals surface area contributed by atoms with Crippen molar-refractivity contribution in [1.29, 1.82) is 0 Å². The molecule has 1 heterocycles. The minimum atomic E-state index is -0.208. The van der Waals surface area contributed by atoms with Gasteiger partial charge in [0.25, 0.3) is 0 Å². The predicted octanol–water partition coefficient (Wildman–Crippen LogP) is 3.80. The van der Waals surface area contributed by atoms with Gasteiger partial charge in [0.05, 0.1) is 6.54 Å². The van der Waals surface area contributed by atoms with Crippen LogP contribution >= 0.6 is 11.8 Å². The molecule has 1 aromatic heterocycles. The van der Waals surface area contributed by atoms with Gasteiger partial charge in [-0.2, -0.15) is 16.9 Å². The van der Waals surface area contributed by atoms with E-state index in [1.807, 2.05) is 47.3 Å². The lowest BCUT2D eigenvalue weighted by Gasteiger charge is -2.12. The van der Waals surface area contributed by atoms with Gasteiger partial charge in [0.2, 0.25) is 0 Å². The van der Waals surface area contributed by atoms with Gasteiger partial charge in [-0.25, -0.2) is 9.18 Å². The number of hydrogen-bond acceptors (Lipinski definition) is 3. The number of aromatic nitrogens is 2. The van der Waals surface area contributed by atoms with E-state index < -0.39 is 0 Å². The standard InChI is InChI=1S/C21H23FN4OS/c22-20-9-4-3-8-19(20)16-28-13-11-23-21(27)24-14-17-6-1-2-7-18(17)15-26-12-5-10-25-26/h1-10,12H,11,13-16H2,(H2,23,24,27). The summed E-state index contributed by atoms with van der Waals surface area (Å²) in [4.78, 5) is 12.0. The van der Waals surface area contributed by atoms with E-state index in [1.165, 1.54) is 6.07 Å². The Morgan fingerprint density at radius 1 is 1.00 bits per heavy atom. The number of carbonyl (C=O) groups is 1. The summed E-state index contributed by atoms with van der Waals surface area (Å²) >= 11 is 1.59. The third kappa shape index (κ3) is 6.13. The van der Waals surface area contributed by atoms with Crippen molar-refractivity contribution in [2.45, 2.75) is 18.8 Å². The second-order valence-corrected chi connectivity index (χ2v) is 7.33. The molecule has 7 heteroatoms. The highest BCUT2D eigenvalue weighted by molar-refractivity contribution is 7.98. The molecule has 0 aliphatic heterocycles. The Labute approximate surface area is 168 Å². The van der Waals surface area contributed by atoms with Crippen LogP contribution in [0.4, 0.5) is 9.18 Å². The number of rotatable bonds is 9. The number of thioether (sulfide) groups is 1. The number of nitrogens with zero attached hydrogens (tertiary/aromatic N) is 2. The molecule has 2 N–H and O–H groups in total. The highest BCUT2D eigenvalue weighted by Crippen LogP contribution is 2.14. The Hall–Kier alpha value is -2.80. The Balaban J connectivity index is 1.37. The molecule has 0 aliphatic rings. The van der Waals surface area contributed by atoms with E-state index in [0.29, 0.717) is 31.0 Å². The average Bonchev–Trinajstić information content (AvgIpc) is 3.21. The Morgan fingerprint density at radius 2 is 1.75 bits per heavy atom. The molecule has 0 spiro atoms. The van der Waals surface area contributed by atoms with Gasteiger partial charge >= 0.3 is 6.03 Å². The molecule has 0 radical (unpaired) electrons. The fourth-order valence-electron chi connectivity index (χ4n) is 2.73. The molecule has 0 saturated heterocycles. The summed E-state index contributed by atoms with van der Waals surface area (Å²) < 4.78 is 15.4. The van der Waals surface area contributed by atoms with Gasteiger partial charge in [0.15, 0.2) is 0 Å². The summed E-state index contributed by atoms with van der Waals surface area (Å²) in [6.45, 7) is 1.64. The van der Waals surface area contributed by atoms with Crippen LogP contribution in [0.15, 0.2) is 67.0 Å². The molecule has 2 amide bonds. The number of hydrogen-bond donors (Lipinski definition) is 2. The van der Waals surface area contributed by atoms with E-state index in [0.717, 1.165) is 16.9 Å². The second-order valence-electron chi connectivity index (χ2n) is 6.23. The molecule has 0 bridgehead atoms. The number of carbonyl (C=O) groups excluding carboxylic acids is 1. The molecule has 0 atom stereocenters. The maximum atomic E-state index is 13.5. The van der Waals surface area contributed by atoms with Crippen LogP contribution in [0.25, 0.3) is 0 Å². The van der Waals surface area contributed by atoms with E-state index in [4.69, 9.17) is 0 Å². The molecule has 0 aliphatic carbocycles. The topological polar surface area (TPSA) is 59.0 Å². The number of amides is 2. The molecule has 5 nitrogen and oxygen atoms in total. The van der Waals surface area contributed by atoms with Crippen LogP contribution in [-0.4, -0.2) is 28.1 Å². The van der Waals surface area contributed by atoms with E-state index >= 15 is 0 Å². The van der Waals surface area contributed by atoms with Gasteiger partial charge in [0, 0.05) is 37.0 Å². The van der Waals surface area contributed by atoms with Crippen LogP contribution in [0.2, 0.25) is 0 Å². The van der Waals surface area contributed by atoms with Crippen LogP contribution in [0.3, 0.4) is 0 Å². The van der Waals surface area contributed by atoms with Gasteiger partial charge < -0.3 is 10.6 Å². The third-order valence-electron chi connectivity index (χ3n) is 4.20. The van der Waals surface area contributed by atoms with Gasteiger partial charge in [0.1, 0.15) is 5.82 Å². The van der Waals surface area contributed by atoms with Crippen molar-refractivity contribution in [3.05, 3.63) is 89.5 Å². The minimum absolute atomic E-state index is 0.186. The number of urea groups is 1. The Morgan fingerprint density at radius 3 is 2.50 bits per heavy atom. The zero-order chi connectivity index (χ0) is 19.6. The molecule has 0 fully saturated rings. The van der Waals surface area contributed by atoms with Crippen molar-refractivity contribution in [1.82, 2.24) is 20.4 Å². The van der Waals surface area contributed by atoms with E-state index in [-0.39, 0.29) is 11.8 Å². The molecule has 146 valence electrons. The summed E-state index contributed by atoms with van der Waals surface area (Å²) in [7, 11) is 0. The van der Waals surface area contributed by atoms with Crippen molar-refractivity contribution in [3.63, 3.8) is 0 Å². The zero-order valence-electron chi connectivity index (χ0n) is 15.5. The van der Waals surface area contributed by atoms with Crippen LogP contribution in [0.5, 0.6) is 0 Å². The van der Waals surface area contributed by atoms with E-state index in [9.17, 15) is 9.18 Å². The lowest BCUT2D eigenvalue weighted by Crippen LogP contribution is -2.36. The second kappa shape index (κ2) is 10.5. The first-order chi connectivity index (χ1) is 13.7. The first kappa shape index (κ1) is 19.9. The number of halogens is 1. The number of nitrogens with one attached hydrogen (secondary N) is 2. The maximum Gasteiger partial charge on any atom is 0.315 e. The highest BCUT2D eigenvalue weighted by atomic mass is 32.2. The quantitative estimate of drug-likeness (QED) is 0.539. The van der Waals surface area contributed by atoms with Crippen LogP contribution in [0, 0.1) is 5.82 Å². The molecule has 0 saturated carbocycles. The van der Waals surface area contributed by atoms with Crippen molar-refractivity contribution in [3.8, 4) is 0 Å². The van der Waals surface area contributed by atoms with Crippen LogP contribution < -0.4 is 10.6 Å². The molecular weight excluding hydrogens is 375 g/mol. The summed E-state index contributed by atoms with van der Waals surface area (Å²) in [5, 5.41) is 9.95.